The van der Waals surface area contributed by atoms with Gasteiger partial charge in [-0.25, -0.2) is 0 Å². The molecule has 1 aliphatic rings. The van der Waals surface area contributed by atoms with Crippen molar-refractivity contribution in [3.8, 4) is 0 Å². The fourth-order valence-corrected chi connectivity index (χ4v) is 3.34. The van der Waals surface area contributed by atoms with Crippen LogP contribution in [0.5, 0.6) is 0 Å². The molecular weight excluding hydrogens is 381 g/mol. The summed E-state index contributed by atoms with van der Waals surface area (Å²) in [6, 6.07) is 10.0. The minimum absolute atomic E-state index is 0.0119. The van der Waals surface area contributed by atoms with Gasteiger partial charge in [-0.15, -0.1) is 0 Å². The fraction of sp³-hybridized carbons (Fsp3) is 0.167. The molecule has 1 heterocycles. The summed E-state index contributed by atoms with van der Waals surface area (Å²) >= 11 is 1.01. The van der Waals surface area contributed by atoms with Gasteiger partial charge >= 0.3 is 6.18 Å². The normalized spacial score (nSPS) is 14.3. The first-order valence-electron chi connectivity index (χ1n) is 7.83. The number of nitrogens with one attached hydrogen (secondary N) is 1. The molecule has 1 aliphatic heterocycles. The lowest BCUT2D eigenvalue weighted by Gasteiger charge is -2.15. The van der Waals surface area contributed by atoms with Crippen LogP contribution in [0.1, 0.15) is 26.3 Å². The highest BCUT2D eigenvalue weighted by Crippen LogP contribution is 2.31. The number of rotatable bonds is 3. The number of amides is 3. The maximum atomic E-state index is 12.8. The van der Waals surface area contributed by atoms with E-state index < -0.39 is 28.8 Å². The second-order valence-corrected chi connectivity index (χ2v) is 6.70. The van der Waals surface area contributed by atoms with Gasteiger partial charge in [0.05, 0.1) is 16.7 Å². The lowest BCUT2D eigenvalue weighted by Crippen LogP contribution is -2.32. The van der Waals surface area contributed by atoms with E-state index in [-0.39, 0.29) is 23.4 Å². The Morgan fingerprint density at radius 2 is 1.74 bits per heavy atom. The van der Waals surface area contributed by atoms with Crippen molar-refractivity contribution in [2.45, 2.75) is 6.18 Å². The van der Waals surface area contributed by atoms with Gasteiger partial charge in [-0.2, -0.15) is 13.2 Å². The van der Waals surface area contributed by atoms with E-state index in [1.807, 2.05) is 0 Å². The highest BCUT2D eigenvalue weighted by molar-refractivity contribution is 8.13. The molecule has 27 heavy (non-hydrogen) atoms. The number of carbonyl (C=O) groups excluding carboxylic acids is 3. The molecule has 140 valence electrons. The van der Waals surface area contributed by atoms with Crippen LogP contribution in [-0.2, 0) is 6.18 Å². The van der Waals surface area contributed by atoms with Crippen LogP contribution < -0.4 is 5.32 Å². The summed E-state index contributed by atoms with van der Waals surface area (Å²) in [6.07, 6.45) is -4.54. The minimum Gasteiger partial charge on any atom is -0.322 e. The molecule has 5 nitrogen and oxygen atoms in total. The maximum absolute atomic E-state index is 12.8. The highest BCUT2D eigenvalue weighted by Gasteiger charge is 2.32. The van der Waals surface area contributed by atoms with E-state index in [9.17, 15) is 27.6 Å². The summed E-state index contributed by atoms with van der Waals surface area (Å²) < 4.78 is 38.4. The summed E-state index contributed by atoms with van der Waals surface area (Å²) in [7, 11) is 0. The molecule has 0 bridgehead atoms. The number of benzene rings is 2. The lowest BCUT2D eigenvalue weighted by atomic mass is 10.1. The lowest BCUT2D eigenvalue weighted by molar-refractivity contribution is -0.137. The first-order valence-corrected chi connectivity index (χ1v) is 8.82. The third-order valence-electron chi connectivity index (χ3n) is 3.86. The summed E-state index contributed by atoms with van der Waals surface area (Å²) in [4.78, 5) is 37.9. The Morgan fingerprint density at radius 1 is 1.04 bits per heavy atom. The van der Waals surface area contributed by atoms with Gasteiger partial charge in [0.2, 0.25) is 0 Å². The predicted molar refractivity (Wildman–Crippen MR) is 94.7 cm³/mol. The van der Waals surface area contributed by atoms with Crippen molar-refractivity contribution < 1.29 is 27.6 Å². The van der Waals surface area contributed by atoms with Gasteiger partial charge in [0.1, 0.15) is 0 Å². The standard InChI is InChI=1S/C18H13F3N2O3S/c19-18(20,21)11-4-3-5-12(10-11)22-15(24)13-6-1-2-7-14(13)16(25)23-8-9-27-17(23)26/h1-7,10H,8-9H2,(H,22,24). The van der Waals surface area contributed by atoms with Crippen LogP contribution in [0.4, 0.5) is 23.7 Å². The van der Waals surface area contributed by atoms with Gasteiger partial charge in [-0.3, -0.25) is 19.3 Å². The van der Waals surface area contributed by atoms with Crippen LogP contribution in [-0.4, -0.2) is 34.3 Å². The summed E-state index contributed by atoms with van der Waals surface area (Å²) in [5.41, 5.74) is -0.961. The second-order valence-electron chi connectivity index (χ2n) is 5.65. The van der Waals surface area contributed by atoms with E-state index in [4.69, 9.17) is 0 Å². The Morgan fingerprint density at radius 3 is 2.37 bits per heavy atom. The molecule has 1 fully saturated rings. The largest absolute Gasteiger partial charge is 0.416 e. The topological polar surface area (TPSA) is 66.5 Å². The van der Waals surface area contributed by atoms with Crippen molar-refractivity contribution >= 4 is 34.5 Å². The van der Waals surface area contributed by atoms with Gasteiger partial charge < -0.3 is 5.32 Å². The predicted octanol–water partition coefficient (Wildman–Crippen LogP) is 4.27. The first kappa shape index (κ1) is 19.0. The zero-order valence-electron chi connectivity index (χ0n) is 13.7. The number of nitrogens with zero attached hydrogens (tertiary/aromatic N) is 1. The minimum atomic E-state index is -4.54. The molecule has 9 heteroatoms. The van der Waals surface area contributed by atoms with Crippen LogP contribution >= 0.6 is 11.8 Å². The van der Waals surface area contributed by atoms with E-state index in [1.165, 1.54) is 30.3 Å². The highest BCUT2D eigenvalue weighted by atomic mass is 32.2. The van der Waals surface area contributed by atoms with Gasteiger partial charge in [-0.1, -0.05) is 30.0 Å². The third-order valence-corrected chi connectivity index (χ3v) is 4.71. The molecule has 0 aliphatic carbocycles. The Hall–Kier alpha value is -2.81. The SMILES string of the molecule is O=C(Nc1cccc(C(F)(F)F)c1)c1ccccc1C(=O)N1CCSC1=O. The monoisotopic (exact) mass is 394 g/mol. The number of imide groups is 1. The summed E-state index contributed by atoms with van der Waals surface area (Å²) in [6.45, 7) is 0.242. The zero-order chi connectivity index (χ0) is 19.6. The average molecular weight is 394 g/mol. The van der Waals surface area contributed by atoms with Crippen molar-refractivity contribution in [1.82, 2.24) is 4.90 Å². The number of halogens is 3. The Kier molecular flexibility index (Phi) is 5.22. The third kappa shape index (κ3) is 4.13. The Labute approximate surface area is 156 Å². The number of carbonyl (C=O) groups is 3. The van der Waals surface area contributed by atoms with Crippen LogP contribution in [0.2, 0.25) is 0 Å². The molecule has 0 atom stereocenters. The molecule has 0 saturated carbocycles. The van der Waals surface area contributed by atoms with Gasteiger partial charge in [0.15, 0.2) is 0 Å². The van der Waals surface area contributed by atoms with E-state index in [0.717, 1.165) is 28.8 Å². The van der Waals surface area contributed by atoms with E-state index in [1.54, 1.807) is 6.07 Å². The fourth-order valence-electron chi connectivity index (χ4n) is 2.56. The van der Waals surface area contributed by atoms with Gasteiger partial charge in [0, 0.05) is 18.0 Å². The van der Waals surface area contributed by atoms with Crippen LogP contribution in [0.25, 0.3) is 0 Å². The van der Waals surface area contributed by atoms with E-state index in [0.29, 0.717) is 5.75 Å². The van der Waals surface area contributed by atoms with Crippen molar-refractivity contribution in [3.63, 3.8) is 0 Å². The number of hydrogen-bond donors (Lipinski definition) is 1. The van der Waals surface area contributed by atoms with Crippen molar-refractivity contribution in [1.29, 1.82) is 0 Å². The van der Waals surface area contributed by atoms with Crippen LogP contribution in [0.15, 0.2) is 48.5 Å². The molecule has 1 saturated heterocycles. The van der Waals surface area contributed by atoms with Gasteiger partial charge in [0.25, 0.3) is 17.1 Å². The van der Waals surface area contributed by atoms with Gasteiger partial charge in [-0.05, 0) is 30.3 Å². The van der Waals surface area contributed by atoms with Crippen LogP contribution in [0.3, 0.4) is 0 Å². The summed E-state index contributed by atoms with van der Waals surface area (Å²) in [5, 5.41) is 1.97. The zero-order valence-corrected chi connectivity index (χ0v) is 14.6. The molecule has 2 aromatic rings. The molecule has 0 spiro atoms. The van der Waals surface area contributed by atoms with Crippen LogP contribution in [0, 0.1) is 0 Å². The molecule has 3 rings (SSSR count). The van der Waals surface area contributed by atoms with E-state index in [2.05, 4.69) is 5.32 Å². The number of hydrogen-bond acceptors (Lipinski definition) is 4. The van der Waals surface area contributed by atoms with Crippen molar-refractivity contribution in [3.05, 3.63) is 65.2 Å². The molecule has 0 radical (unpaired) electrons. The molecule has 1 N–H and O–H groups in total. The molecule has 0 aromatic heterocycles. The Balaban J connectivity index is 1.86. The Bertz CT molecular complexity index is 915. The quantitative estimate of drug-likeness (QED) is 0.845. The van der Waals surface area contributed by atoms with E-state index >= 15 is 0 Å². The first-order chi connectivity index (χ1) is 12.8. The van der Waals surface area contributed by atoms with Crippen molar-refractivity contribution in [2.24, 2.45) is 0 Å². The average Bonchev–Trinajstić information content (AvgIpc) is 3.06. The second kappa shape index (κ2) is 7.43. The van der Waals surface area contributed by atoms with Crippen molar-refractivity contribution in [2.75, 3.05) is 17.6 Å². The number of thioether (sulfide) groups is 1. The number of anilines is 1. The molecule has 0 unspecified atom stereocenters. The molecule has 2 aromatic carbocycles. The smallest absolute Gasteiger partial charge is 0.322 e. The molecule has 3 amide bonds. The summed E-state index contributed by atoms with van der Waals surface area (Å²) in [5.74, 6) is -0.874. The molecular formula is C18H13F3N2O3S. The maximum Gasteiger partial charge on any atom is 0.416 e. The number of alkyl halides is 3.